The van der Waals surface area contributed by atoms with Crippen molar-refractivity contribution >= 4 is 76.7 Å². The number of carboxylic acid groups (broad SMARTS) is 4. The molecule has 21 N–H and O–H groups in total. The Labute approximate surface area is 698 Å². The second kappa shape index (κ2) is 52.7. The van der Waals surface area contributed by atoms with Gasteiger partial charge in [0.1, 0.15) is 36.3 Å². The van der Waals surface area contributed by atoms with Crippen LogP contribution in [0.4, 0.5) is 5.69 Å². The molecule has 13 atom stereocenters. The number of aliphatic hydroxyl groups excluding tert-OH is 6. The number of carbonyl (C=O) groups is 12. The number of aliphatic hydroxyl groups is 6. The number of hydrogen-bond donors (Lipinski definition) is 19. The van der Waals surface area contributed by atoms with Crippen molar-refractivity contribution in [3.63, 3.8) is 0 Å². The fourth-order valence-corrected chi connectivity index (χ4v) is 15.0. The van der Waals surface area contributed by atoms with Gasteiger partial charge < -0.3 is 105 Å². The summed E-state index contributed by atoms with van der Waals surface area (Å²) >= 11 is 0. The average molecular weight is 1690 g/mol. The number of unbranched alkanes of at least 4 members (excludes halogenated alkanes) is 2. The topological polar surface area (TPSA) is 603 Å². The van der Waals surface area contributed by atoms with Gasteiger partial charge in [-0.1, -0.05) is 70.9 Å². The standard InChI is InChI=1S/C82H128N14O24/c1-5-50(4)71(67(103)40-53(18-9-11-27-83)75(109)90-61(19-10-12-28-84)78(112)96-30-14-20-63(96)77(111)91-62(79(113)114)38-51-15-7-6-8-16-51)92-76(110)54(35-49(2)3)39-60-72(74(108)73(60)107)85-29-13-17-52-36-55-44-94(65(81(117)118)22-25-69(105)87-42-58(101)47-98)33-31-93(64(80(115)116)21-24-68(104)86-41-57(100)46-97)32-34-95(45-56(37-52)89-55)66(82(119)120)23-26-70(106)88-43-59(102)48-99/h6-8,15-16,36-37,49-50,53-54,57-59,61-66,71,85,97-102H,5,9-14,17-35,38-48,83-84H2,1-4H3,(H,86,104)(H,87,105)(H,88,106)(H,90,109)(H,91,111)(H,92,110)(H,113,114)(H,115,116)(H,117,118)(H,119,120)/t50-,53+,54+,57?,58?,59?,61-,62-,63-,64?,65?,66?,71-/m0/s1. The van der Waals surface area contributed by atoms with Gasteiger partial charge in [-0.25, -0.2) is 4.79 Å². The number of anilines is 1. The number of aliphatic carboxylic acids is 4. The molecule has 3 heterocycles. The van der Waals surface area contributed by atoms with Crippen LogP contribution in [-0.4, -0.2) is 299 Å². The van der Waals surface area contributed by atoms with E-state index in [1.165, 1.54) is 19.6 Å². The summed E-state index contributed by atoms with van der Waals surface area (Å²) < 4.78 is 0. The zero-order valence-electron chi connectivity index (χ0n) is 69.4. The molecule has 6 unspecified atom stereocenters. The molecule has 5 rings (SSSR count). The van der Waals surface area contributed by atoms with Crippen LogP contribution < -0.4 is 59.5 Å². The van der Waals surface area contributed by atoms with Gasteiger partial charge in [0.15, 0.2) is 5.78 Å². The molecule has 1 fully saturated rings. The smallest absolute Gasteiger partial charge is 0.326 e. The molecule has 2 aliphatic rings. The molecule has 1 aromatic heterocycles. The SMILES string of the molecule is CC[C@H](C)[C@H](NC(=O)[C@@H](Cc1c(NCCCc2cc3nc(c2)CN(C(CCC(=O)NCC(O)CO)C(=O)O)CCN(C(CCC(=O)NCC(O)CO)C(=O)O)CCN(C(CCC(=O)NCC(O)CO)C(=O)O)C3)c(=O)c1=O)CC(C)C)C(=O)C[C@@H](CCCCN)C(=O)N[C@@H](CCCCN)C(=O)N1CCC[C@H]1C(=O)N[C@@H](Cc1ccccc1)C(=O)O. The van der Waals surface area contributed by atoms with Crippen molar-refractivity contribution in [2.24, 2.45) is 35.1 Å². The van der Waals surface area contributed by atoms with Gasteiger partial charge in [0, 0.05) is 121 Å². The van der Waals surface area contributed by atoms with Crippen LogP contribution in [0.5, 0.6) is 0 Å². The van der Waals surface area contributed by atoms with E-state index in [2.05, 4.69) is 37.2 Å². The Kier molecular flexibility index (Phi) is 44.5. The minimum Gasteiger partial charge on any atom is -0.480 e. The Morgan fingerprint density at radius 2 is 1.04 bits per heavy atom. The summed E-state index contributed by atoms with van der Waals surface area (Å²) in [4.78, 5) is 203. The number of rotatable bonds is 56. The Balaban J connectivity index is 1.43. The molecule has 7 amide bonds. The van der Waals surface area contributed by atoms with E-state index in [1.807, 2.05) is 20.8 Å². The summed E-state index contributed by atoms with van der Waals surface area (Å²) in [6.07, 6.45) is -3.03. The van der Waals surface area contributed by atoms with Crippen molar-refractivity contribution in [3.8, 4) is 0 Å². The van der Waals surface area contributed by atoms with Crippen LogP contribution in [0.3, 0.4) is 0 Å². The summed E-state index contributed by atoms with van der Waals surface area (Å²) in [5.41, 5.74) is 11.8. The lowest BCUT2D eigenvalue weighted by molar-refractivity contribution is -0.147. The fourth-order valence-electron chi connectivity index (χ4n) is 15.0. The van der Waals surface area contributed by atoms with Crippen LogP contribution >= 0.6 is 0 Å². The molecule has 2 aliphatic heterocycles. The number of likely N-dealkylation sites (tertiary alicyclic amines) is 1. The molecule has 0 spiro atoms. The normalized spacial score (nSPS) is 17.4. The molecule has 38 heteroatoms. The number of amides is 7. The molecular formula is C82H128N14O24. The van der Waals surface area contributed by atoms with E-state index in [0.717, 1.165) is 0 Å². The maximum Gasteiger partial charge on any atom is 0.326 e. The summed E-state index contributed by atoms with van der Waals surface area (Å²) in [6, 6.07) is 2.95. The summed E-state index contributed by atoms with van der Waals surface area (Å²) in [5.74, 6) is -13.0. The first kappa shape index (κ1) is 101. The van der Waals surface area contributed by atoms with Crippen molar-refractivity contribution in [2.75, 3.05) is 97.1 Å². The van der Waals surface area contributed by atoms with E-state index in [4.69, 9.17) is 16.5 Å². The number of nitrogens with two attached hydrogens (primary N) is 2. The quantitative estimate of drug-likeness (QED) is 0.0207. The molecule has 0 aliphatic carbocycles. The zero-order valence-corrected chi connectivity index (χ0v) is 69.4. The predicted molar refractivity (Wildman–Crippen MR) is 438 cm³/mol. The number of fused-ring (bicyclic) bond motifs is 2. The number of carbonyl (C=O) groups excluding carboxylic acids is 8. The van der Waals surface area contributed by atoms with E-state index < -0.39 is 199 Å². The monoisotopic (exact) mass is 1690 g/mol. The van der Waals surface area contributed by atoms with Gasteiger partial charge in [-0.3, -0.25) is 82.0 Å². The molecule has 120 heavy (non-hydrogen) atoms. The number of benzene rings is 1. The summed E-state index contributed by atoms with van der Waals surface area (Å²) in [6.45, 7) is 3.39. The number of aryl methyl sites for hydroxylation is 1. The Hall–Kier alpha value is -9.35. The first-order valence-electron chi connectivity index (χ1n) is 41.7. The van der Waals surface area contributed by atoms with Crippen LogP contribution in [0, 0.1) is 23.7 Å². The Morgan fingerprint density at radius 3 is 1.52 bits per heavy atom. The van der Waals surface area contributed by atoms with Crippen LogP contribution in [0.15, 0.2) is 52.1 Å². The van der Waals surface area contributed by atoms with Crippen LogP contribution in [0.2, 0.25) is 0 Å². The highest BCUT2D eigenvalue weighted by atomic mass is 16.4. The lowest BCUT2D eigenvalue weighted by atomic mass is 9.85. The molecule has 1 saturated heterocycles. The van der Waals surface area contributed by atoms with Gasteiger partial charge in [0.2, 0.25) is 52.2 Å². The number of nitrogens with zero attached hydrogens (tertiary/aromatic N) is 5. The predicted octanol–water partition coefficient (Wildman–Crippen LogP) is -2.39. The Bertz CT molecular complexity index is 3810. The highest BCUT2D eigenvalue weighted by molar-refractivity contribution is 5.96. The van der Waals surface area contributed by atoms with Gasteiger partial charge >= 0.3 is 23.9 Å². The maximum atomic E-state index is 14.9. The molecule has 0 radical (unpaired) electrons. The molecule has 38 nitrogen and oxygen atoms in total. The van der Waals surface area contributed by atoms with Crippen molar-refractivity contribution < 1.29 is 109 Å². The van der Waals surface area contributed by atoms with Crippen molar-refractivity contribution in [1.29, 1.82) is 0 Å². The third-order valence-electron chi connectivity index (χ3n) is 21.9. The minimum absolute atomic E-state index is 0.00758. The molecular weight excluding hydrogens is 1560 g/mol. The number of pyridine rings is 1. The minimum atomic E-state index is -1.49. The molecule has 670 valence electrons. The van der Waals surface area contributed by atoms with Crippen LogP contribution in [0.25, 0.3) is 0 Å². The lowest BCUT2D eigenvalue weighted by Gasteiger charge is -2.37. The van der Waals surface area contributed by atoms with Crippen molar-refractivity contribution in [2.45, 2.75) is 236 Å². The van der Waals surface area contributed by atoms with Gasteiger partial charge in [-0.2, -0.15) is 0 Å². The summed E-state index contributed by atoms with van der Waals surface area (Å²) in [7, 11) is 0. The number of Topliss-reactive ketones (excluding diaryl/α,β-unsaturated/α-hetero) is 1. The highest BCUT2D eigenvalue weighted by Gasteiger charge is 2.42. The van der Waals surface area contributed by atoms with E-state index in [-0.39, 0.29) is 191 Å². The van der Waals surface area contributed by atoms with Gasteiger partial charge in [0.25, 0.3) is 0 Å². The van der Waals surface area contributed by atoms with E-state index in [0.29, 0.717) is 49.7 Å². The summed E-state index contributed by atoms with van der Waals surface area (Å²) in [5, 5.41) is 119. The maximum absolute atomic E-state index is 14.9. The van der Waals surface area contributed by atoms with Crippen LogP contribution in [-0.2, 0) is 89.9 Å². The van der Waals surface area contributed by atoms with Crippen LogP contribution in [0.1, 0.15) is 171 Å². The highest BCUT2D eigenvalue weighted by Crippen LogP contribution is 2.28. The number of carboxylic acids is 4. The van der Waals surface area contributed by atoms with Gasteiger partial charge in [0.05, 0.1) is 61.2 Å². The molecule has 2 bridgehead atoms. The molecule has 0 saturated carbocycles. The third kappa shape index (κ3) is 33.6. The number of hydrogen-bond acceptors (Lipinski definition) is 27. The first-order chi connectivity index (χ1) is 57.2. The second-order valence-corrected chi connectivity index (χ2v) is 31.8. The van der Waals surface area contributed by atoms with E-state index in [1.54, 1.807) is 49.4 Å². The Morgan fingerprint density at radius 1 is 0.550 bits per heavy atom. The zero-order chi connectivity index (χ0) is 88.7. The number of ketones is 1. The van der Waals surface area contributed by atoms with E-state index >= 15 is 0 Å². The van der Waals surface area contributed by atoms with Crippen molar-refractivity contribution in [1.82, 2.24) is 56.5 Å². The number of nitrogens with one attached hydrogen (secondary N) is 7. The molecule has 3 aromatic rings. The third-order valence-corrected chi connectivity index (χ3v) is 21.9. The van der Waals surface area contributed by atoms with Gasteiger partial charge in [-0.05, 0) is 138 Å². The van der Waals surface area contributed by atoms with Gasteiger partial charge in [-0.15, -0.1) is 0 Å². The average Bonchev–Trinajstić information content (AvgIpc) is 1.02. The second-order valence-electron chi connectivity index (χ2n) is 31.8. The van der Waals surface area contributed by atoms with Crippen molar-refractivity contribution in [3.05, 3.63) is 91.0 Å². The fraction of sp³-hybridized carbons (Fsp3) is 0.671. The van der Waals surface area contributed by atoms with E-state index in [9.17, 15) is 118 Å². The molecule has 2 aromatic carbocycles. The number of aromatic nitrogens is 1. The first-order valence-corrected chi connectivity index (χ1v) is 41.7. The lowest BCUT2D eigenvalue weighted by Crippen LogP contribution is -2.56. The largest absolute Gasteiger partial charge is 0.480 e.